The quantitative estimate of drug-likeness (QED) is 0.130. The Kier molecular flexibility index (Phi) is 11.5. The number of hydrogen-bond donors (Lipinski definition) is 2. The van der Waals surface area contributed by atoms with Gasteiger partial charge in [0, 0.05) is 23.0 Å². The third-order valence-corrected chi connectivity index (χ3v) is 7.13. The standard InChI is InChI=1S/C31H42N2O4/c1-2-3-4-5-6-7-8-23-11-17-28(18-12-23)37-31(35)25-14-9-24(10-15-25)13-20-30(34)36-22-26-21-27(32)16-19-29(26)33/h9-10,13-16,19-21,23,28H,2-8,11-12,17-18,22,32-33H2,1H3. The fourth-order valence-electron chi connectivity index (χ4n) is 4.81. The summed E-state index contributed by atoms with van der Waals surface area (Å²) in [7, 11) is 0. The Morgan fingerprint density at radius 1 is 0.919 bits per heavy atom. The molecule has 2 aromatic carbocycles. The van der Waals surface area contributed by atoms with Crippen LogP contribution in [-0.4, -0.2) is 18.0 Å². The van der Waals surface area contributed by atoms with Gasteiger partial charge in [0.05, 0.1) is 5.56 Å². The average Bonchev–Trinajstić information content (AvgIpc) is 2.91. The van der Waals surface area contributed by atoms with Crippen molar-refractivity contribution in [2.24, 2.45) is 5.92 Å². The Labute approximate surface area is 221 Å². The molecular weight excluding hydrogens is 464 g/mol. The second-order valence-electron chi connectivity index (χ2n) is 10.1. The van der Waals surface area contributed by atoms with Crippen LogP contribution in [-0.2, 0) is 20.9 Å². The summed E-state index contributed by atoms with van der Waals surface area (Å²) in [6.45, 7) is 2.30. The van der Waals surface area contributed by atoms with Crippen molar-refractivity contribution in [2.75, 3.05) is 11.5 Å². The van der Waals surface area contributed by atoms with E-state index < -0.39 is 5.97 Å². The van der Waals surface area contributed by atoms with Gasteiger partial charge < -0.3 is 20.9 Å². The molecule has 0 heterocycles. The van der Waals surface area contributed by atoms with E-state index in [0.29, 0.717) is 22.5 Å². The van der Waals surface area contributed by atoms with E-state index >= 15 is 0 Å². The monoisotopic (exact) mass is 506 g/mol. The van der Waals surface area contributed by atoms with Crippen LogP contribution in [0.15, 0.2) is 48.5 Å². The summed E-state index contributed by atoms with van der Waals surface area (Å²) in [6, 6.07) is 12.1. The highest BCUT2D eigenvalue weighted by Crippen LogP contribution is 2.30. The van der Waals surface area contributed by atoms with Crippen LogP contribution in [0.4, 0.5) is 11.4 Å². The Balaban J connectivity index is 1.36. The molecular formula is C31H42N2O4. The summed E-state index contributed by atoms with van der Waals surface area (Å²) in [5, 5.41) is 0. The van der Waals surface area contributed by atoms with Gasteiger partial charge in [-0.3, -0.25) is 0 Å². The van der Waals surface area contributed by atoms with Gasteiger partial charge in [-0.15, -0.1) is 0 Å². The van der Waals surface area contributed by atoms with Gasteiger partial charge in [0.1, 0.15) is 12.7 Å². The number of carbonyl (C=O) groups is 2. The van der Waals surface area contributed by atoms with Crippen LogP contribution < -0.4 is 11.5 Å². The zero-order chi connectivity index (χ0) is 26.5. The number of anilines is 2. The highest BCUT2D eigenvalue weighted by Gasteiger charge is 2.24. The molecule has 0 atom stereocenters. The van der Waals surface area contributed by atoms with Gasteiger partial charge in [-0.1, -0.05) is 64.0 Å². The maximum Gasteiger partial charge on any atom is 0.338 e. The summed E-state index contributed by atoms with van der Waals surface area (Å²) < 4.78 is 11.0. The number of nitrogens with two attached hydrogens (primary N) is 2. The predicted octanol–water partition coefficient (Wildman–Crippen LogP) is 7.07. The van der Waals surface area contributed by atoms with E-state index in [-0.39, 0.29) is 18.7 Å². The highest BCUT2D eigenvalue weighted by molar-refractivity contribution is 5.90. The molecule has 1 fully saturated rings. The lowest BCUT2D eigenvalue weighted by molar-refractivity contribution is -0.138. The Morgan fingerprint density at radius 2 is 1.62 bits per heavy atom. The number of esters is 2. The molecule has 6 heteroatoms. The fraction of sp³-hybridized carbons (Fsp3) is 0.484. The fourth-order valence-corrected chi connectivity index (χ4v) is 4.81. The van der Waals surface area contributed by atoms with Gasteiger partial charge in [0.15, 0.2) is 0 Å². The van der Waals surface area contributed by atoms with E-state index in [1.165, 1.54) is 51.0 Å². The number of hydrogen-bond acceptors (Lipinski definition) is 6. The van der Waals surface area contributed by atoms with E-state index in [1.807, 2.05) is 0 Å². The van der Waals surface area contributed by atoms with Crippen molar-refractivity contribution >= 4 is 29.4 Å². The Hall–Kier alpha value is -3.28. The maximum atomic E-state index is 12.6. The van der Waals surface area contributed by atoms with Crippen molar-refractivity contribution in [1.82, 2.24) is 0 Å². The summed E-state index contributed by atoms with van der Waals surface area (Å²) in [4.78, 5) is 24.7. The lowest BCUT2D eigenvalue weighted by Crippen LogP contribution is -2.24. The van der Waals surface area contributed by atoms with E-state index in [4.69, 9.17) is 20.9 Å². The van der Waals surface area contributed by atoms with Crippen molar-refractivity contribution in [1.29, 1.82) is 0 Å². The van der Waals surface area contributed by atoms with Crippen LogP contribution in [0.1, 0.15) is 99.0 Å². The topological polar surface area (TPSA) is 105 Å². The molecule has 0 bridgehead atoms. The average molecular weight is 507 g/mol. The zero-order valence-corrected chi connectivity index (χ0v) is 22.1. The van der Waals surface area contributed by atoms with Gasteiger partial charge in [0.25, 0.3) is 0 Å². The molecule has 2 aromatic rings. The van der Waals surface area contributed by atoms with Crippen molar-refractivity contribution in [3.8, 4) is 0 Å². The lowest BCUT2D eigenvalue weighted by atomic mass is 9.84. The van der Waals surface area contributed by atoms with Crippen LogP contribution >= 0.6 is 0 Å². The third-order valence-electron chi connectivity index (χ3n) is 7.13. The number of nitrogen functional groups attached to an aromatic ring is 2. The van der Waals surface area contributed by atoms with Crippen LogP contribution in [0.3, 0.4) is 0 Å². The molecule has 200 valence electrons. The third kappa shape index (κ3) is 9.95. The Morgan fingerprint density at radius 3 is 2.35 bits per heavy atom. The predicted molar refractivity (Wildman–Crippen MR) is 150 cm³/mol. The van der Waals surface area contributed by atoms with Gasteiger partial charge >= 0.3 is 11.9 Å². The molecule has 1 aliphatic rings. The minimum atomic E-state index is -0.489. The van der Waals surface area contributed by atoms with Crippen molar-refractivity contribution < 1.29 is 19.1 Å². The SMILES string of the molecule is CCCCCCCCC1CCC(OC(=O)c2ccc(C=CC(=O)OCc3cc(N)ccc3N)cc2)CC1. The first-order chi connectivity index (χ1) is 17.9. The molecule has 6 nitrogen and oxygen atoms in total. The zero-order valence-electron chi connectivity index (χ0n) is 22.1. The summed E-state index contributed by atoms with van der Waals surface area (Å²) in [5.74, 6) is 0.00788. The second-order valence-corrected chi connectivity index (χ2v) is 10.1. The van der Waals surface area contributed by atoms with Gasteiger partial charge in [0.2, 0.25) is 0 Å². The van der Waals surface area contributed by atoms with Crippen molar-refractivity contribution in [3.63, 3.8) is 0 Å². The summed E-state index contributed by atoms with van der Waals surface area (Å²) >= 11 is 0. The van der Waals surface area contributed by atoms with Gasteiger partial charge in [-0.05, 0) is 73.6 Å². The molecule has 0 aromatic heterocycles. The molecule has 0 amide bonds. The minimum Gasteiger partial charge on any atom is -0.459 e. The maximum absolute atomic E-state index is 12.6. The normalized spacial score (nSPS) is 17.5. The largest absolute Gasteiger partial charge is 0.459 e. The molecule has 3 rings (SSSR count). The van der Waals surface area contributed by atoms with Crippen LogP contribution in [0.25, 0.3) is 6.08 Å². The first kappa shape index (κ1) is 28.3. The molecule has 0 spiro atoms. The lowest BCUT2D eigenvalue weighted by Gasteiger charge is -2.28. The molecule has 4 N–H and O–H groups in total. The number of ether oxygens (including phenoxy) is 2. The Bertz CT molecular complexity index is 1020. The number of benzene rings is 2. The van der Waals surface area contributed by atoms with Crippen LogP contribution in [0.5, 0.6) is 0 Å². The smallest absolute Gasteiger partial charge is 0.338 e. The second kappa shape index (κ2) is 15.1. The molecule has 1 aliphatic carbocycles. The van der Waals surface area contributed by atoms with Gasteiger partial charge in [-0.25, -0.2) is 9.59 Å². The van der Waals surface area contributed by atoms with E-state index in [0.717, 1.165) is 37.2 Å². The summed E-state index contributed by atoms with van der Waals surface area (Å²) in [5.41, 5.74) is 14.7. The van der Waals surface area contributed by atoms with Crippen LogP contribution in [0, 0.1) is 5.92 Å². The molecule has 1 saturated carbocycles. The molecule has 0 saturated heterocycles. The van der Waals surface area contributed by atoms with Crippen LogP contribution in [0.2, 0.25) is 0 Å². The molecule has 0 aliphatic heterocycles. The molecule has 0 unspecified atom stereocenters. The van der Waals surface area contributed by atoms with Gasteiger partial charge in [-0.2, -0.15) is 0 Å². The summed E-state index contributed by atoms with van der Waals surface area (Å²) in [6.07, 6.45) is 16.6. The van der Waals surface area contributed by atoms with E-state index in [1.54, 1.807) is 48.5 Å². The highest BCUT2D eigenvalue weighted by atomic mass is 16.5. The van der Waals surface area contributed by atoms with E-state index in [9.17, 15) is 9.59 Å². The van der Waals surface area contributed by atoms with Crippen molar-refractivity contribution in [3.05, 3.63) is 65.2 Å². The molecule has 37 heavy (non-hydrogen) atoms. The van der Waals surface area contributed by atoms with Crippen molar-refractivity contribution in [2.45, 2.75) is 90.3 Å². The first-order valence-electron chi connectivity index (χ1n) is 13.7. The molecule has 0 radical (unpaired) electrons. The minimum absolute atomic E-state index is 0.0108. The van der Waals surface area contributed by atoms with E-state index in [2.05, 4.69) is 6.92 Å². The number of unbranched alkanes of at least 4 members (excludes halogenated alkanes) is 5. The number of rotatable bonds is 13. The number of carbonyl (C=O) groups excluding carboxylic acids is 2. The first-order valence-corrected chi connectivity index (χ1v) is 13.7.